The lowest BCUT2D eigenvalue weighted by atomic mass is 10.2. The lowest BCUT2D eigenvalue weighted by Gasteiger charge is -2.15. The van der Waals surface area contributed by atoms with Crippen molar-refractivity contribution in [3.05, 3.63) is 21.9 Å². The Morgan fingerprint density at radius 2 is 1.94 bits per heavy atom. The molecule has 0 aliphatic heterocycles. The summed E-state index contributed by atoms with van der Waals surface area (Å²) in [7, 11) is 0. The second-order valence-corrected chi connectivity index (χ2v) is 5.43. The monoisotopic (exact) mass is 241 g/mol. The van der Waals surface area contributed by atoms with Crippen molar-refractivity contribution < 1.29 is 14.7 Å². The van der Waals surface area contributed by atoms with Crippen molar-refractivity contribution in [2.75, 3.05) is 0 Å². The molecule has 0 aromatic carbocycles. The van der Waals surface area contributed by atoms with Gasteiger partial charge in [-0.3, -0.25) is 0 Å². The highest BCUT2D eigenvalue weighted by molar-refractivity contribution is 7.15. The van der Waals surface area contributed by atoms with Gasteiger partial charge in [-0.2, -0.15) is 0 Å². The van der Waals surface area contributed by atoms with Crippen molar-refractivity contribution in [2.24, 2.45) is 5.16 Å². The molecule has 16 heavy (non-hydrogen) atoms. The lowest BCUT2D eigenvalue weighted by molar-refractivity contribution is 0.000981. The Labute approximate surface area is 98.5 Å². The first-order valence-corrected chi connectivity index (χ1v) is 5.67. The van der Waals surface area contributed by atoms with E-state index in [1.54, 1.807) is 19.1 Å². The molecule has 0 fully saturated rings. The number of aromatic carboxylic acids is 1. The number of hydrogen-bond acceptors (Lipinski definition) is 4. The highest BCUT2D eigenvalue weighted by Crippen LogP contribution is 2.18. The third kappa shape index (κ3) is 3.66. The lowest BCUT2D eigenvalue weighted by Crippen LogP contribution is -2.16. The van der Waals surface area contributed by atoms with E-state index in [4.69, 9.17) is 9.94 Å². The van der Waals surface area contributed by atoms with Crippen LogP contribution in [0.4, 0.5) is 0 Å². The van der Waals surface area contributed by atoms with Crippen molar-refractivity contribution in [2.45, 2.75) is 33.3 Å². The maximum absolute atomic E-state index is 10.7. The summed E-state index contributed by atoms with van der Waals surface area (Å²) in [5.74, 6) is -0.916. The van der Waals surface area contributed by atoms with E-state index in [2.05, 4.69) is 5.16 Å². The van der Waals surface area contributed by atoms with Crippen LogP contribution >= 0.6 is 11.3 Å². The molecule has 1 aromatic heterocycles. The van der Waals surface area contributed by atoms with Crippen molar-refractivity contribution in [1.82, 2.24) is 0 Å². The summed E-state index contributed by atoms with van der Waals surface area (Å²) in [6, 6.07) is 3.30. The molecule has 0 saturated carbocycles. The molecule has 0 spiro atoms. The Kier molecular flexibility index (Phi) is 3.70. The first kappa shape index (κ1) is 12.7. The number of carbonyl (C=O) groups is 1. The van der Waals surface area contributed by atoms with E-state index >= 15 is 0 Å². The van der Waals surface area contributed by atoms with Crippen LogP contribution in [0.15, 0.2) is 17.3 Å². The molecule has 1 heterocycles. The molecular weight excluding hydrogens is 226 g/mol. The van der Waals surface area contributed by atoms with Crippen molar-refractivity contribution in [3.63, 3.8) is 0 Å². The van der Waals surface area contributed by atoms with Crippen LogP contribution in [0.3, 0.4) is 0 Å². The highest BCUT2D eigenvalue weighted by atomic mass is 32.1. The first-order valence-electron chi connectivity index (χ1n) is 4.86. The van der Waals surface area contributed by atoms with Crippen molar-refractivity contribution in [3.8, 4) is 0 Å². The summed E-state index contributed by atoms with van der Waals surface area (Å²) in [5, 5.41) is 12.8. The fourth-order valence-corrected chi connectivity index (χ4v) is 1.68. The van der Waals surface area contributed by atoms with Gasteiger partial charge in [0.05, 0.1) is 10.6 Å². The van der Waals surface area contributed by atoms with Crippen LogP contribution < -0.4 is 0 Å². The quantitative estimate of drug-likeness (QED) is 0.653. The van der Waals surface area contributed by atoms with E-state index in [9.17, 15) is 4.79 Å². The normalized spacial score (nSPS) is 12.6. The Balaban J connectivity index is 2.80. The van der Waals surface area contributed by atoms with Gasteiger partial charge in [0.2, 0.25) is 0 Å². The number of thiophene rings is 1. The van der Waals surface area contributed by atoms with E-state index in [1.165, 1.54) is 11.3 Å². The summed E-state index contributed by atoms with van der Waals surface area (Å²) in [6.07, 6.45) is 0. The van der Waals surface area contributed by atoms with Crippen molar-refractivity contribution >= 4 is 23.0 Å². The maximum Gasteiger partial charge on any atom is 0.345 e. The van der Waals surface area contributed by atoms with Crippen LogP contribution in [0.25, 0.3) is 0 Å². The van der Waals surface area contributed by atoms with Gasteiger partial charge in [-0.15, -0.1) is 11.3 Å². The van der Waals surface area contributed by atoms with Gasteiger partial charge < -0.3 is 9.94 Å². The molecule has 5 heteroatoms. The predicted octanol–water partition coefficient (Wildman–Crippen LogP) is 2.99. The van der Waals surface area contributed by atoms with Crippen LogP contribution in [0, 0.1) is 0 Å². The summed E-state index contributed by atoms with van der Waals surface area (Å²) >= 11 is 1.19. The van der Waals surface area contributed by atoms with Gasteiger partial charge in [0.1, 0.15) is 10.5 Å². The van der Waals surface area contributed by atoms with Crippen LogP contribution in [0.1, 0.15) is 42.2 Å². The second kappa shape index (κ2) is 4.65. The third-order valence-electron chi connectivity index (χ3n) is 1.63. The minimum Gasteiger partial charge on any atom is -0.477 e. The number of nitrogens with zero attached hydrogens (tertiary/aromatic N) is 1. The smallest absolute Gasteiger partial charge is 0.345 e. The minimum atomic E-state index is -0.916. The fourth-order valence-electron chi connectivity index (χ4n) is 0.898. The zero-order chi connectivity index (χ0) is 12.3. The number of carboxylic acids is 1. The fraction of sp³-hybridized carbons (Fsp3) is 0.455. The molecule has 88 valence electrons. The molecule has 0 saturated heterocycles. The van der Waals surface area contributed by atoms with Gasteiger partial charge in [0, 0.05) is 0 Å². The van der Waals surface area contributed by atoms with E-state index in [1.807, 2.05) is 20.8 Å². The molecular formula is C11H15NO3S. The zero-order valence-corrected chi connectivity index (χ0v) is 10.6. The van der Waals surface area contributed by atoms with Crippen LogP contribution in [-0.4, -0.2) is 22.4 Å². The average molecular weight is 241 g/mol. The maximum atomic E-state index is 10.7. The van der Waals surface area contributed by atoms with Gasteiger partial charge in [0.15, 0.2) is 0 Å². The van der Waals surface area contributed by atoms with Gasteiger partial charge in [-0.1, -0.05) is 5.16 Å². The second-order valence-electron chi connectivity index (χ2n) is 4.35. The molecule has 0 bridgehead atoms. The Morgan fingerprint density at radius 1 is 1.38 bits per heavy atom. The number of oxime groups is 1. The minimum absolute atomic E-state index is 0.306. The molecule has 0 radical (unpaired) electrons. The summed E-state index contributed by atoms with van der Waals surface area (Å²) in [6.45, 7) is 7.51. The van der Waals surface area contributed by atoms with E-state index in [-0.39, 0.29) is 5.60 Å². The topological polar surface area (TPSA) is 58.9 Å². The Bertz CT molecular complexity index is 415. The third-order valence-corrected chi connectivity index (χ3v) is 2.81. The Hall–Kier alpha value is -1.36. The van der Waals surface area contributed by atoms with Gasteiger partial charge in [-0.25, -0.2) is 4.79 Å². The van der Waals surface area contributed by atoms with Crippen LogP contribution in [-0.2, 0) is 4.84 Å². The SMILES string of the molecule is C/C(=N\OC(C)(C)C)c1ccc(C(=O)O)s1. The summed E-state index contributed by atoms with van der Waals surface area (Å²) in [5.41, 5.74) is 0.348. The molecule has 0 atom stereocenters. The van der Waals surface area contributed by atoms with E-state index in [0.717, 1.165) is 4.88 Å². The number of rotatable bonds is 3. The first-order chi connectivity index (χ1) is 7.29. The van der Waals surface area contributed by atoms with Gasteiger partial charge in [-0.05, 0) is 39.8 Å². The molecule has 0 aliphatic carbocycles. The van der Waals surface area contributed by atoms with Crippen molar-refractivity contribution in [1.29, 1.82) is 0 Å². The van der Waals surface area contributed by atoms with Crippen LogP contribution in [0.5, 0.6) is 0 Å². The zero-order valence-electron chi connectivity index (χ0n) is 9.77. The number of hydrogen-bond donors (Lipinski definition) is 1. The Morgan fingerprint density at radius 3 is 2.38 bits per heavy atom. The molecule has 1 rings (SSSR count). The van der Waals surface area contributed by atoms with Gasteiger partial charge >= 0.3 is 5.97 Å². The number of carboxylic acid groups (broad SMARTS) is 1. The largest absolute Gasteiger partial charge is 0.477 e. The van der Waals surface area contributed by atoms with Crippen LogP contribution in [0.2, 0.25) is 0 Å². The molecule has 1 N–H and O–H groups in total. The van der Waals surface area contributed by atoms with E-state index < -0.39 is 5.97 Å². The summed E-state index contributed by atoms with van der Waals surface area (Å²) in [4.78, 5) is 17.1. The summed E-state index contributed by atoms with van der Waals surface area (Å²) < 4.78 is 0. The molecule has 0 unspecified atom stereocenters. The average Bonchev–Trinajstić information content (AvgIpc) is 2.61. The standard InChI is InChI=1S/C11H15NO3S/c1-7(12-15-11(2,3)4)8-5-6-9(16-8)10(13)14/h5-6H,1-4H3,(H,13,14)/b12-7+. The predicted molar refractivity (Wildman–Crippen MR) is 64.3 cm³/mol. The molecule has 4 nitrogen and oxygen atoms in total. The highest BCUT2D eigenvalue weighted by Gasteiger charge is 2.12. The van der Waals surface area contributed by atoms with Gasteiger partial charge in [0.25, 0.3) is 0 Å². The molecule has 1 aromatic rings. The molecule has 0 aliphatic rings. The molecule has 0 amide bonds. The van der Waals surface area contributed by atoms with E-state index in [0.29, 0.717) is 10.6 Å².